The quantitative estimate of drug-likeness (QED) is 0.415. The molecule has 1 aromatic heterocycles. The maximum Gasteiger partial charge on any atom is 0.248 e. The van der Waals surface area contributed by atoms with Crippen molar-refractivity contribution in [2.75, 3.05) is 30.3 Å². The van der Waals surface area contributed by atoms with Crippen LogP contribution in [0.25, 0.3) is 12.2 Å². The molecule has 1 fully saturated rings. The van der Waals surface area contributed by atoms with Crippen molar-refractivity contribution in [3.63, 3.8) is 0 Å². The summed E-state index contributed by atoms with van der Waals surface area (Å²) in [6.45, 7) is 4.81. The molecule has 1 atom stereocenters. The van der Waals surface area contributed by atoms with E-state index in [-0.39, 0.29) is 41.3 Å². The van der Waals surface area contributed by atoms with E-state index in [9.17, 15) is 17.6 Å². The molecule has 0 aliphatic carbocycles. The molecule has 7 nitrogen and oxygen atoms in total. The van der Waals surface area contributed by atoms with Crippen LogP contribution < -0.4 is 4.90 Å². The highest BCUT2D eigenvalue weighted by molar-refractivity contribution is 7.99. The SMILES string of the molecule is Cc1noc(/C=C/c2ccccc2F)c1S(=O)(=O)N1CCC(C(=O)N2C[C@H](C)CSc3ccccc32)CC1. The summed E-state index contributed by atoms with van der Waals surface area (Å²) in [4.78, 5) is 16.6. The number of para-hydroxylation sites is 1. The minimum Gasteiger partial charge on any atom is -0.355 e. The molecule has 1 saturated heterocycles. The van der Waals surface area contributed by atoms with Gasteiger partial charge < -0.3 is 9.42 Å². The Morgan fingerprint density at radius 2 is 1.82 bits per heavy atom. The van der Waals surface area contributed by atoms with Crippen LogP contribution in [-0.2, 0) is 14.8 Å². The Kier molecular flexibility index (Phi) is 7.74. The highest BCUT2D eigenvalue weighted by atomic mass is 32.2. The molecule has 200 valence electrons. The summed E-state index contributed by atoms with van der Waals surface area (Å²) in [5, 5.41) is 3.87. The summed E-state index contributed by atoms with van der Waals surface area (Å²) in [6.07, 6.45) is 3.76. The van der Waals surface area contributed by atoms with Crippen LogP contribution >= 0.6 is 11.8 Å². The molecule has 3 heterocycles. The maximum atomic E-state index is 14.0. The molecule has 2 aromatic carbocycles. The first kappa shape index (κ1) is 26.6. The zero-order valence-corrected chi connectivity index (χ0v) is 23.0. The van der Waals surface area contributed by atoms with Crippen LogP contribution in [0.2, 0.25) is 0 Å². The number of rotatable bonds is 5. The number of aryl methyl sites for hydroxylation is 1. The predicted molar refractivity (Wildman–Crippen MR) is 147 cm³/mol. The molecule has 5 rings (SSSR count). The number of benzene rings is 2. The van der Waals surface area contributed by atoms with Gasteiger partial charge in [-0.15, -0.1) is 11.8 Å². The Balaban J connectivity index is 1.32. The van der Waals surface area contributed by atoms with Gasteiger partial charge in [0.2, 0.25) is 15.9 Å². The number of amides is 1. The lowest BCUT2D eigenvalue weighted by molar-refractivity contribution is -0.123. The monoisotopic (exact) mass is 555 g/mol. The summed E-state index contributed by atoms with van der Waals surface area (Å²) in [6, 6.07) is 14.2. The van der Waals surface area contributed by atoms with E-state index in [0.29, 0.717) is 30.9 Å². The normalized spacial score (nSPS) is 19.4. The second-order valence-electron chi connectivity index (χ2n) is 9.83. The lowest BCUT2D eigenvalue weighted by Crippen LogP contribution is -2.45. The smallest absolute Gasteiger partial charge is 0.248 e. The lowest BCUT2D eigenvalue weighted by atomic mass is 9.95. The lowest BCUT2D eigenvalue weighted by Gasteiger charge is -2.34. The zero-order valence-electron chi connectivity index (χ0n) is 21.3. The van der Waals surface area contributed by atoms with Crippen LogP contribution in [-0.4, -0.2) is 49.2 Å². The molecule has 38 heavy (non-hydrogen) atoms. The predicted octanol–water partition coefficient (Wildman–Crippen LogP) is 5.47. The number of hydrogen-bond donors (Lipinski definition) is 0. The highest BCUT2D eigenvalue weighted by Crippen LogP contribution is 2.37. The number of carbonyl (C=O) groups excluding carboxylic acids is 1. The molecule has 0 unspecified atom stereocenters. The molecule has 0 radical (unpaired) electrons. The molecule has 1 amide bonds. The maximum absolute atomic E-state index is 14.0. The molecular formula is C28H30FN3O4S2. The number of nitrogens with zero attached hydrogens (tertiary/aromatic N) is 3. The van der Waals surface area contributed by atoms with E-state index in [2.05, 4.69) is 12.1 Å². The average molecular weight is 556 g/mol. The number of fused-ring (bicyclic) bond motifs is 1. The van der Waals surface area contributed by atoms with Gasteiger partial charge in [-0.05, 0) is 56.0 Å². The molecule has 0 spiro atoms. The molecule has 0 N–H and O–H groups in total. The third-order valence-electron chi connectivity index (χ3n) is 6.99. The van der Waals surface area contributed by atoms with E-state index < -0.39 is 15.8 Å². The van der Waals surface area contributed by atoms with Crippen molar-refractivity contribution in [2.45, 2.75) is 36.5 Å². The number of halogens is 1. The minimum atomic E-state index is -3.93. The minimum absolute atomic E-state index is 0.0258. The van der Waals surface area contributed by atoms with Crippen LogP contribution in [0.4, 0.5) is 10.1 Å². The number of carbonyl (C=O) groups is 1. The van der Waals surface area contributed by atoms with Crippen LogP contribution in [0.15, 0.2) is 62.8 Å². The second-order valence-corrected chi connectivity index (χ2v) is 12.8. The summed E-state index contributed by atoms with van der Waals surface area (Å²) < 4.78 is 48.0. The van der Waals surface area contributed by atoms with Gasteiger partial charge in [0.05, 0.1) is 5.69 Å². The Bertz CT molecular complexity index is 1460. The van der Waals surface area contributed by atoms with Crippen molar-refractivity contribution in [1.29, 1.82) is 0 Å². The van der Waals surface area contributed by atoms with Gasteiger partial charge >= 0.3 is 0 Å². The van der Waals surface area contributed by atoms with Crippen LogP contribution in [0, 0.1) is 24.6 Å². The molecule has 2 aliphatic heterocycles. The van der Waals surface area contributed by atoms with Crippen LogP contribution in [0.1, 0.15) is 36.8 Å². The van der Waals surface area contributed by atoms with Crippen molar-refractivity contribution in [3.05, 3.63) is 71.4 Å². The van der Waals surface area contributed by atoms with Gasteiger partial charge in [0.15, 0.2) is 10.7 Å². The van der Waals surface area contributed by atoms with Gasteiger partial charge in [-0.1, -0.05) is 42.4 Å². The molecule has 0 bridgehead atoms. The first-order valence-corrected chi connectivity index (χ1v) is 15.1. The number of sulfonamides is 1. The Morgan fingerprint density at radius 1 is 1.11 bits per heavy atom. The van der Waals surface area contributed by atoms with Crippen molar-refractivity contribution in [3.8, 4) is 0 Å². The van der Waals surface area contributed by atoms with Gasteiger partial charge in [-0.3, -0.25) is 4.79 Å². The summed E-state index contributed by atoms with van der Waals surface area (Å²) in [7, 11) is -3.93. The molecular weight excluding hydrogens is 525 g/mol. The molecule has 3 aromatic rings. The molecule has 10 heteroatoms. The third kappa shape index (κ3) is 5.30. The summed E-state index contributed by atoms with van der Waals surface area (Å²) in [5.74, 6) is 0.729. The second kappa shape index (κ2) is 11.0. The molecule has 2 aliphatic rings. The molecule has 0 saturated carbocycles. The summed E-state index contributed by atoms with van der Waals surface area (Å²) >= 11 is 1.77. The van der Waals surface area contributed by atoms with E-state index >= 15 is 0 Å². The highest BCUT2D eigenvalue weighted by Gasteiger charge is 2.38. The van der Waals surface area contributed by atoms with Gasteiger partial charge in [0.1, 0.15) is 11.5 Å². The Hall–Kier alpha value is -2.95. The van der Waals surface area contributed by atoms with Crippen molar-refractivity contribution < 1.29 is 22.1 Å². The first-order valence-electron chi connectivity index (χ1n) is 12.7. The van der Waals surface area contributed by atoms with Gasteiger partial charge in [-0.2, -0.15) is 4.31 Å². The van der Waals surface area contributed by atoms with Crippen molar-refractivity contribution in [2.24, 2.45) is 11.8 Å². The summed E-state index contributed by atoms with van der Waals surface area (Å²) in [5.41, 5.74) is 1.49. The van der Waals surface area contributed by atoms with Crippen molar-refractivity contribution >= 4 is 45.5 Å². The number of piperidine rings is 1. The first-order chi connectivity index (χ1) is 18.3. The van der Waals surface area contributed by atoms with E-state index in [1.165, 1.54) is 22.5 Å². The standard InChI is InChI=1S/C28H30FN3O4S2/c1-19-17-32(24-9-5-6-10-26(24)37-18-19)28(33)22-13-15-31(16-14-22)38(34,35)27-20(2)30-36-25(27)12-11-21-7-3-4-8-23(21)29/h3-12,19,22H,13-18H2,1-2H3/b12-11+/t19-/m0/s1. The zero-order chi connectivity index (χ0) is 26.9. The van der Waals surface area contributed by atoms with Crippen LogP contribution in [0.5, 0.6) is 0 Å². The van der Waals surface area contributed by atoms with E-state index in [4.69, 9.17) is 4.52 Å². The largest absolute Gasteiger partial charge is 0.355 e. The van der Waals surface area contributed by atoms with Crippen LogP contribution in [0.3, 0.4) is 0 Å². The Morgan fingerprint density at radius 3 is 2.58 bits per heavy atom. The number of aromatic nitrogens is 1. The van der Waals surface area contributed by atoms with E-state index in [0.717, 1.165) is 16.3 Å². The number of anilines is 1. The fourth-order valence-corrected chi connectivity index (χ4v) is 7.76. The van der Waals surface area contributed by atoms with Gasteiger partial charge in [0, 0.05) is 41.8 Å². The van der Waals surface area contributed by atoms with Gasteiger partial charge in [-0.25, -0.2) is 12.8 Å². The van der Waals surface area contributed by atoms with Crippen molar-refractivity contribution in [1.82, 2.24) is 9.46 Å². The number of thioether (sulfide) groups is 1. The fourth-order valence-electron chi connectivity index (χ4n) is 4.97. The van der Waals surface area contributed by atoms with E-state index in [1.807, 2.05) is 29.2 Å². The Labute approximate surface area is 226 Å². The topological polar surface area (TPSA) is 83.7 Å². The van der Waals surface area contributed by atoms with E-state index in [1.54, 1.807) is 36.9 Å². The average Bonchev–Trinajstić information content (AvgIpc) is 3.22. The fraction of sp³-hybridized carbons (Fsp3) is 0.357. The van der Waals surface area contributed by atoms with Gasteiger partial charge in [0.25, 0.3) is 0 Å². The number of hydrogen-bond acceptors (Lipinski definition) is 6. The third-order valence-corrected chi connectivity index (χ3v) is 10.4.